The highest BCUT2D eigenvalue weighted by molar-refractivity contribution is 7.98. The Hall–Kier alpha value is -1.27. The van der Waals surface area contributed by atoms with Crippen LogP contribution in [0.15, 0.2) is 29.2 Å². The second-order valence-electron chi connectivity index (χ2n) is 3.26. The zero-order chi connectivity index (χ0) is 12.1. The van der Waals surface area contributed by atoms with Crippen LogP contribution in [0.3, 0.4) is 0 Å². The summed E-state index contributed by atoms with van der Waals surface area (Å²) in [6.07, 6.45) is 0. The molecule has 0 radical (unpaired) electrons. The van der Waals surface area contributed by atoms with E-state index in [0.29, 0.717) is 0 Å². The number of thioether (sulfide) groups is 1. The average molecular weight is 267 g/mol. The standard InChI is InChI=1S/C11H13N3OS2/c1-12-11-10(13-14-17-11)7-16-9-5-3-8(15-2)4-6-9/h3-6,12H,7H2,1-2H3. The van der Waals surface area contributed by atoms with Gasteiger partial charge in [0.05, 0.1) is 7.11 Å². The number of rotatable bonds is 5. The van der Waals surface area contributed by atoms with Crippen molar-refractivity contribution in [3.63, 3.8) is 0 Å². The molecule has 1 heterocycles. The highest BCUT2D eigenvalue weighted by Gasteiger charge is 2.06. The van der Waals surface area contributed by atoms with Gasteiger partial charge in [0.2, 0.25) is 0 Å². The quantitative estimate of drug-likeness (QED) is 0.844. The molecule has 0 aliphatic rings. The van der Waals surface area contributed by atoms with Gasteiger partial charge in [-0.05, 0) is 24.3 Å². The number of aromatic nitrogens is 2. The highest BCUT2D eigenvalue weighted by atomic mass is 32.2. The zero-order valence-electron chi connectivity index (χ0n) is 9.64. The molecule has 1 aromatic heterocycles. The van der Waals surface area contributed by atoms with E-state index in [4.69, 9.17) is 4.74 Å². The molecule has 2 rings (SSSR count). The van der Waals surface area contributed by atoms with Crippen LogP contribution in [-0.4, -0.2) is 23.7 Å². The van der Waals surface area contributed by atoms with Crippen LogP contribution in [-0.2, 0) is 5.75 Å². The molecule has 6 heteroatoms. The fourth-order valence-corrected chi connectivity index (χ4v) is 2.77. The van der Waals surface area contributed by atoms with Crippen LogP contribution in [0.25, 0.3) is 0 Å². The summed E-state index contributed by atoms with van der Waals surface area (Å²) in [5.74, 6) is 1.69. The summed E-state index contributed by atoms with van der Waals surface area (Å²) < 4.78 is 9.04. The Bertz CT molecular complexity index is 470. The number of nitrogens with zero attached hydrogens (tertiary/aromatic N) is 2. The molecular formula is C11H13N3OS2. The molecule has 0 saturated carbocycles. The minimum absolute atomic E-state index is 0.818. The van der Waals surface area contributed by atoms with Gasteiger partial charge < -0.3 is 10.1 Å². The lowest BCUT2D eigenvalue weighted by atomic mass is 10.3. The SMILES string of the molecule is CNc1snnc1CSc1ccc(OC)cc1. The highest BCUT2D eigenvalue weighted by Crippen LogP contribution is 2.28. The zero-order valence-corrected chi connectivity index (χ0v) is 11.3. The molecule has 0 bridgehead atoms. The van der Waals surface area contributed by atoms with Gasteiger partial charge >= 0.3 is 0 Å². The number of methoxy groups -OCH3 is 1. The lowest BCUT2D eigenvalue weighted by Gasteiger charge is -2.03. The van der Waals surface area contributed by atoms with E-state index in [1.54, 1.807) is 18.9 Å². The van der Waals surface area contributed by atoms with E-state index >= 15 is 0 Å². The molecule has 17 heavy (non-hydrogen) atoms. The largest absolute Gasteiger partial charge is 0.497 e. The van der Waals surface area contributed by atoms with E-state index in [0.717, 1.165) is 22.2 Å². The predicted octanol–water partition coefficient (Wildman–Crippen LogP) is 2.88. The third-order valence-electron chi connectivity index (χ3n) is 2.22. The number of nitrogens with one attached hydrogen (secondary N) is 1. The summed E-state index contributed by atoms with van der Waals surface area (Å²) >= 11 is 3.12. The smallest absolute Gasteiger partial charge is 0.133 e. The van der Waals surface area contributed by atoms with Gasteiger partial charge in [-0.3, -0.25) is 0 Å². The van der Waals surface area contributed by atoms with Crippen molar-refractivity contribution in [3.05, 3.63) is 30.0 Å². The Balaban J connectivity index is 1.97. The molecule has 0 atom stereocenters. The van der Waals surface area contributed by atoms with Gasteiger partial charge in [0, 0.05) is 29.2 Å². The third-order valence-corrected chi connectivity index (χ3v) is 4.03. The summed E-state index contributed by atoms with van der Waals surface area (Å²) in [6.45, 7) is 0. The molecule has 0 unspecified atom stereocenters. The Kier molecular flexibility index (Phi) is 4.22. The summed E-state index contributed by atoms with van der Waals surface area (Å²) in [5, 5.41) is 8.22. The molecule has 90 valence electrons. The van der Waals surface area contributed by atoms with Gasteiger partial charge in [-0.15, -0.1) is 16.9 Å². The molecule has 0 saturated heterocycles. The third kappa shape index (κ3) is 3.10. The van der Waals surface area contributed by atoms with E-state index in [1.165, 1.54) is 16.4 Å². The lowest BCUT2D eigenvalue weighted by molar-refractivity contribution is 0.414. The van der Waals surface area contributed by atoms with E-state index < -0.39 is 0 Å². The maximum atomic E-state index is 5.12. The summed E-state index contributed by atoms with van der Waals surface area (Å²) in [6, 6.07) is 8.01. The van der Waals surface area contributed by atoms with Gasteiger partial charge in [-0.1, -0.05) is 4.49 Å². The summed E-state index contributed by atoms with van der Waals surface area (Å²) in [7, 11) is 3.55. The van der Waals surface area contributed by atoms with Gasteiger partial charge in [0.1, 0.15) is 16.4 Å². The van der Waals surface area contributed by atoms with Crippen LogP contribution in [0.2, 0.25) is 0 Å². The number of ether oxygens (including phenoxy) is 1. The van der Waals surface area contributed by atoms with Gasteiger partial charge in [-0.25, -0.2) is 0 Å². The fraction of sp³-hybridized carbons (Fsp3) is 0.273. The van der Waals surface area contributed by atoms with E-state index in [-0.39, 0.29) is 0 Å². The van der Waals surface area contributed by atoms with Crippen LogP contribution in [0.4, 0.5) is 5.00 Å². The van der Waals surface area contributed by atoms with E-state index in [1.807, 2.05) is 31.3 Å². The first kappa shape index (κ1) is 12.2. The topological polar surface area (TPSA) is 47.0 Å². The lowest BCUT2D eigenvalue weighted by Crippen LogP contribution is -1.90. The van der Waals surface area contributed by atoms with E-state index in [2.05, 4.69) is 14.9 Å². The van der Waals surface area contributed by atoms with Crippen molar-refractivity contribution < 1.29 is 4.74 Å². The molecular weight excluding hydrogens is 254 g/mol. The molecule has 0 spiro atoms. The maximum absolute atomic E-state index is 5.12. The molecule has 0 aliphatic heterocycles. The number of anilines is 1. The molecule has 1 N–H and O–H groups in total. The first-order valence-electron chi connectivity index (χ1n) is 5.09. The van der Waals surface area contributed by atoms with Crippen molar-refractivity contribution in [1.82, 2.24) is 9.59 Å². The van der Waals surface area contributed by atoms with Crippen molar-refractivity contribution in [3.8, 4) is 5.75 Å². The maximum Gasteiger partial charge on any atom is 0.133 e. The van der Waals surface area contributed by atoms with Crippen molar-refractivity contribution in [2.24, 2.45) is 0 Å². The molecule has 4 nitrogen and oxygen atoms in total. The Morgan fingerprint density at radius 2 is 2.12 bits per heavy atom. The van der Waals surface area contributed by atoms with Crippen LogP contribution in [0.1, 0.15) is 5.69 Å². The molecule has 2 aromatic rings. The van der Waals surface area contributed by atoms with Gasteiger partial charge in [-0.2, -0.15) is 0 Å². The number of benzene rings is 1. The normalized spacial score (nSPS) is 10.2. The van der Waals surface area contributed by atoms with Crippen LogP contribution >= 0.6 is 23.3 Å². The molecule has 0 aliphatic carbocycles. The summed E-state index contributed by atoms with van der Waals surface area (Å²) in [5.41, 5.74) is 0.998. The minimum Gasteiger partial charge on any atom is -0.497 e. The molecule has 0 fully saturated rings. The second-order valence-corrected chi connectivity index (χ2v) is 5.07. The Labute approximate surface area is 109 Å². The first-order chi connectivity index (χ1) is 8.33. The van der Waals surface area contributed by atoms with E-state index in [9.17, 15) is 0 Å². The van der Waals surface area contributed by atoms with Crippen molar-refractivity contribution >= 4 is 28.3 Å². The second kappa shape index (κ2) is 5.88. The van der Waals surface area contributed by atoms with Crippen LogP contribution in [0, 0.1) is 0 Å². The van der Waals surface area contributed by atoms with Crippen LogP contribution < -0.4 is 10.1 Å². The van der Waals surface area contributed by atoms with Gasteiger partial charge in [0.15, 0.2) is 0 Å². The van der Waals surface area contributed by atoms with Crippen molar-refractivity contribution in [2.75, 3.05) is 19.5 Å². The average Bonchev–Trinajstić information content (AvgIpc) is 2.84. The first-order valence-corrected chi connectivity index (χ1v) is 6.85. The summed E-state index contributed by atoms with van der Waals surface area (Å²) in [4.78, 5) is 1.20. The number of hydrogen-bond donors (Lipinski definition) is 1. The van der Waals surface area contributed by atoms with Crippen molar-refractivity contribution in [1.29, 1.82) is 0 Å². The predicted molar refractivity (Wildman–Crippen MR) is 72.0 cm³/mol. The molecule has 1 aromatic carbocycles. The number of hydrogen-bond acceptors (Lipinski definition) is 6. The minimum atomic E-state index is 0.818. The fourth-order valence-electron chi connectivity index (χ4n) is 1.32. The Morgan fingerprint density at radius 3 is 2.76 bits per heavy atom. The van der Waals surface area contributed by atoms with Gasteiger partial charge in [0.25, 0.3) is 0 Å². The Morgan fingerprint density at radius 1 is 1.35 bits per heavy atom. The molecule has 0 amide bonds. The van der Waals surface area contributed by atoms with Crippen LogP contribution in [0.5, 0.6) is 5.75 Å². The van der Waals surface area contributed by atoms with Crippen molar-refractivity contribution in [2.45, 2.75) is 10.6 Å². The monoisotopic (exact) mass is 267 g/mol.